The van der Waals surface area contributed by atoms with E-state index in [0.29, 0.717) is 31.9 Å². The van der Waals surface area contributed by atoms with Gasteiger partial charge in [-0.1, -0.05) is 0 Å². The van der Waals surface area contributed by atoms with Crippen molar-refractivity contribution in [3.8, 4) is 0 Å². The van der Waals surface area contributed by atoms with Crippen LogP contribution in [0.4, 0.5) is 0 Å². The molecule has 1 unspecified atom stereocenters. The molecular weight excluding hydrogens is 218 g/mol. The number of carbonyl (C=O) groups excluding carboxylic acids is 1. The van der Waals surface area contributed by atoms with E-state index >= 15 is 0 Å². The monoisotopic (exact) mass is 235 g/mol. The van der Waals surface area contributed by atoms with Crippen molar-refractivity contribution in [1.82, 2.24) is 9.88 Å². The molecule has 0 saturated carbocycles. The summed E-state index contributed by atoms with van der Waals surface area (Å²) in [5.74, 6) is -0.0139. The van der Waals surface area contributed by atoms with Gasteiger partial charge in [0.05, 0.1) is 24.8 Å². The number of morpholine rings is 1. The number of hydrogen-bond donors (Lipinski definition) is 1. The number of aryl methyl sites for hydroxylation is 1. The number of nitrogens with two attached hydrogens (primary N) is 1. The summed E-state index contributed by atoms with van der Waals surface area (Å²) >= 11 is 0. The summed E-state index contributed by atoms with van der Waals surface area (Å²) in [6.45, 7) is 4.02. The minimum Gasteiger partial charge on any atom is -0.377 e. The molecule has 17 heavy (non-hydrogen) atoms. The lowest BCUT2D eigenvalue weighted by atomic mass is 10.1. The molecule has 5 heteroatoms. The van der Waals surface area contributed by atoms with Gasteiger partial charge in [0.1, 0.15) is 0 Å². The summed E-state index contributed by atoms with van der Waals surface area (Å²) in [6, 6.07) is 1.81. The minimum atomic E-state index is -0.0308. The molecule has 2 rings (SSSR count). The summed E-state index contributed by atoms with van der Waals surface area (Å²) in [5, 5.41) is 0. The first kappa shape index (κ1) is 12.0. The van der Waals surface area contributed by atoms with Crippen LogP contribution in [0, 0.1) is 6.92 Å². The van der Waals surface area contributed by atoms with E-state index in [9.17, 15) is 4.79 Å². The molecule has 1 aliphatic heterocycles. The molecule has 0 spiro atoms. The average Bonchev–Trinajstić information content (AvgIpc) is 2.38. The van der Waals surface area contributed by atoms with Gasteiger partial charge in [0.2, 0.25) is 0 Å². The van der Waals surface area contributed by atoms with Crippen molar-refractivity contribution in [3.05, 3.63) is 29.6 Å². The minimum absolute atomic E-state index is 0.0139. The van der Waals surface area contributed by atoms with E-state index in [4.69, 9.17) is 10.5 Å². The van der Waals surface area contributed by atoms with Crippen molar-refractivity contribution in [2.75, 3.05) is 26.3 Å². The van der Waals surface area contributed by atoms with Gasteiger partial charge in [0, 0.05) is 25.5 Å². The Morgan fingerprint density at radius 3 is 3.18 bits per heavy atom. The number of ether oxygens (including phenoxy) is 1. The van der Waals surface area contributed by atoms with Crippen LogP contribution in [-0.2, 0) is 4.74 Å². The van der Waals surface area contributed by atoms with Crippen LogP contribution >= 0.6 is 0 Å². The van der Waals surface area contributed by atoms with Crippen LogP contribution in [0.1, 0.15) is 15.9 Å². The van der Waals surface area contributed by atoms with Gasteiger partial charge in [0.15, 0.2) is 0 Å². The van der Waals surface area contributed by atoms with Crippen LogP contribution in [0.25, 0.3) is 0 Å². The van der Waals surface area contributed by atoms with Crippen molar-refractivity contribution in [2.45, 2.75) is 13.0 Å². The maximum absolute atomic E-state index is 12.3. The number of aromatic nitrogens is 1. The topological polar surface area (TPSA) is 68.5 Å². The van der Waals surface area contributed by atoms with Crippen molar-refractivity contribution in [3.63, 3.8) is 0 Å². The Bertz CT molecular complexity index is 408. The van der Waals surface area contributed by atoms with Crippen molar-refractivity contribution >= 4 is 5.91 Å². The van der Waals surface area contributed by atoms with E-state index in [2.05, 4.69) is 4.98 Å². The summed E-state index contributed by atoms with van der Waals surface area (Å²) in [7, 11) is 0. The highest BCUT2D eigenvalue weighted by Gasteiger charge is 2.27. The third-order valence-corrected chi connectivity index (χ3v) is 2.88. The molecule has 5 nitrogen and oxygen atoms in total. The van der Waals surface area contributed by atoms with E-state index in [1.807, 2.05) is 13.0 Å². The number of amides is 1. The van der Waals surface area contributed by atoms with E-state index in [0.717, 1.165) is 5.56 Å². The second kappa shape index (κ2) is 5.25. The second-order valence-electron chi connectivity index (χ2n) is 4.21. The number of hydrogen-bond acceptors (Lipinski definition) is 4. The molecule has 1 aromatic rings. The molecule has 1 amide bonds. The van der Waals surface area contributed by atoms with E-state index in [1.165, 1.54) is 0 Å². The maximum atomic E-state index is 12.3. The van der Waals surface area contributed by atoms with E-state index in [-0.39, 0.29) is 11.9 Å². The summed E-state index contributed by atoms with van der Waals surface area (Å²) in [4.78, 5) is 18.1. The van der Waals surface area contributed by atoms with Gasteiger partial charge in [-0.25, -0.2) is 0 Å². The fourth-order valence-electron chi connectivity index (χ4n) is 1.96. The number of carbonyl (C=O) groups is 1. The first-order chi connectivity index (χ1) is 8.22. The van der Waals surface area contributed by atoms with Crippen LogP contribution in [0.3, 0.4) is 0 Å². The molecular formula is C12H17N3O2. The molecule has 0 radical (unpaired) electrons. The Kier molecular flexibility index (Phi) is 3.71. The van der Waals surface area contributed by atoms with E-state index in [1.54, 1.807) is 17.3 Å². The Morgan fingerprint density at radius 1 is 1.65 bits per heavy atom. The smallest absolute Gasteiger partial charge is 0.255 e. The van der Waals surface area contributed by atoms with Crippen LogP contribution < -0.4 is 5.73 Å². The zero-order valence-corrected chi connectivity index (χ0v) is 9.93. The van der Waals surface area contributed by atoms with Crippen molar-refractivity contribution in [2.24, 2.45) is 5.73 Å². The molecule has 0 bridgehead atoms. The highest BCUT2D eigenvalue weighted by molar-refractivity contribution is 5.94. The van der Waals surface area contributed by atoms with Gasteiger partial charge in [-0.3, -0.25) is 9.78 Å². The predicted molar refractivity (Wildman–Crippen MR) is 63.7 cm³/mol. The molecule has 92 valence electrons. The number of pyridine rings is 1. The quantitative estimate of drug-likeness (QED) is 0.794. The molecule has 1 fully saturated rings. The third kappa shape index (κ3) is 2.62. The Labute approximate surface area is 101 Å². The SMILES string of the molecule is Cc1cncc(C(=O)N2CCOCC2CN)c1. The fourth-order valence-corrected chi connectivity index (χ4v) is 1.96. The standard InChI is InChI=1S/C12H17N3O2/c1-9-4-10(7-14-6-9)12(16)15-2-3-17-8-11(15)5-13/h4,6-7,11H,2-3,5,8,13H2,1H3. The lowest BCUT2D eigenvalue weighted by Gasteiger charge is -2.34. The van der Waals surface area contributed by atoms with Crippen LogP contribution in [-0.4, -0.2) is 48.1 Å². The van der Waals surface area contributed by atoms with Gasteiger partial charge in [-0.05, 0) is 18.6 Å². The normalized spacial score (nSPS) is 20.4. The lowest BCUT2D eigenvalue weighted by Crippen LogP contribution is -2.52. The molecule has 1 atom stereocenters. The zero-order chi connectivity index (χ0) is 12.3. The average molecular weight is 235 g/mol. The molecule has 1 aromatic heterocycles. The Hall–Kier alpha value is -1.46. The zero-order valence-electron chi connectivity index (χ0n) is 9.93. The molecule has 2 N–H and O–H groups in total. The van der Waals surface area contributed by atoms with Crippen LogP contribution in [0.5, 0.6) is 0 Å². The van der Waals surface area contributed by atoms with Gasteiger partial charge in [-0.15, -0.1) is 0 Å². The van der Waals surface area contributed by atoms with Crippen molar-refractivity contribution in [1.29, 1.82) is 0 Å². The van der Waals surface area contributed by atoms with Crippen LogP contribution in [0.2, 0.25) is 0 Å². The van der Waals surface area contributed by atoms with Gasteiger partial charge < -0.3 is 15.4 Å². The first-order valence-electron chi connectivity index (χ1n) is 5.73. The highest BCUT2D eigenvalue weighted by Crippen LogP contribution is 2.12. The van der Waals surface area contributed by atoms with Gasteiger partial charge in [-0.2, -0.15) is 0 Å². The molecule has 1 aliphatic rings. The molecule has 0 aliphatic carbocycles. The summed E-state index contributed by atoms with van der Waals surface area (Å²) in [5.41, 5.74) is 7.25. The molecule has 1 saturated heterocycles. The Morgan fingerprint density at radius 2 is 2.47 bits per heavy atom. The second-order valence-corrected chi connectivity index (χ2v) is 4.21. The maximum Gasteiger partial charge on any atom is 0.255 e. The molecule has 2 heterocycles. The Balaban J connectivity index is 2.18. The summed E-state index contributed by atoms with van der Waals surface area (Å²) in [6.07, 6.45) is 3.33. The number of rotatable bonds is 2. The van der Waals surface area contributed by atoms with Gasteiger partial charge in [0.25, 0.3) is 5.91 Å². The number of nitrogens with zero attached hydrogens (tertiary/aromatic N) is 2. The predicted octanol–water partition coefficient (Wildman–Crippen LogP) is 0.190. The summed E-state index contributed by atoms with van der Waals surface area (Å²) < 4.78 is 5.32. The van der Waals surface area contributed by atoms with Gasteiger partial charge >= 0.3 is 0 Å². The fraction of sp³-hybridized carbons (Fsp3) is 0.500. The van der Waals surface area contributed by atoms with Crippen molar-refractivity contribution < 1.29 is 9.53 Å². The van der Waals surface area contributed by atoms with Crippen LogP contribution in [0.15, 0.2) is 18.5 Å². The largest absolute Gasteiger partial charge is 0.377 e. The van der Waals surface area contributed by atoms with E-state index < -0.39 is 0 Å². The first-order valence-corrected chi connectivity index (χ1v) is 5.73. The highest BCUT2D eigenvalue weighted by atomic mass is 16.5. The molecule has 0 aromatic carbocycles. The third-order valence-electron chi connectivity index (χ3n) is 2.88. The lowest BCUT2D eigenvalue weighted by molar-refractivity contribution is 0.000813.